The van der Waals surface area contributed by atoms with E-state index >= 15 is 0 Å². The van der Waals surface area contributed by atoms with E-state index in [4.69, 9.17) is 4.74 Å². The van der Waals surface area contributed by atoms with Gasteiger partial charge in [-0.25, -0.2) is 0 Å². The molecule has 0 aliphatic carbocycles. The number of likely N-dealkylation sites (tertiary alicyclic amines) is 1. The van der Waals surface area contributed by atoms with Crippen molar-refractivity contribution >= 4 is 5.78 Å². The molecule has 0 amide bonds. The second-order valence-corrected chi connectivity index (χ2v) is 4.35. The number of Topliss-reactive ketones (excluding diaryl/α,β-unsaturated/α-hetero) is 1. The predicted octanol–water partition coefficient (Wildman–Crippen LogP) is 1.73. The number of likely N-dealkylation sites (N-methyl/N-ethyl adjacent to an activating group) is 1. The molecule has 1 aliphatic rings. The van der Waals surface area contributed by atoms with E-state index < -0.39 is 0 Å². The molecule has 0 radical (unpaired) electrons. The molecular weight excluding hydrogens is 202 g/mol. The second-order valence-electron chi connectivity index (χ2n) is 4.35. The van der Waals surface area contributed by atoms with E-state index in [0.717, 1.165) is 18.7 Å². The zero-order valence-electron chi connectivity index (χ0n) is 9.72. The summed E-state index contributed by atoms with van der Waals surface area (Å²) >= 11 is 0. The van der Waals surface area contributed by atoms with Gasteiger partial charge in [-0.1, -0.05) is 18.2 Å². The molecule has 0 N–H and O–H groups in total. The highest BCUT2D eigenvalue weighted by Crippen LogP contribution is 2.21. The summed E-state index contributed by atoms with van der Waals surface area (Å²) < 4.78 is 5.83. The summed E-state index contributed by atoms with van der Waals surface area (Å²) in [5, 5.41) is 0. The van der Waals surface area contributed by atoms with Crippen molar-refractivity contribution in [2.45, 2.75) is 25.5 Å². The number of benzene rings is 1. The summed E-state index contributed by atoms with van der Waals surface area (Å²) in [4.78, 5) is 13.4. The van der Waals surface area contributed by atoms with Crippen molar-refractivity contribution in [1.29, 1.82) is 0 Å². The molecule has 1 aromatic rings. The Morgan fingerprint density at radius 3 is 2.62 bits per heavy atom. The highest BCUT2D eigenvalue weighted by molar-refractivity contribution is 5.81. The highest BCUT2D eigenvalue weighted by atomic mass is 16.5. The van der Waals surface area contributed by atoms with Crippen molar-refractivity contribution in [3.05, 3.63) is 30.3 Å². The van der Waals surface area contributed by atoms with Crippen LogP contribution in [0.4, 0.5) is 0 Å². The third kappa shape index (κ3) is 2.42. The first kappa shape index (κ1) is 11.1. The molecule has 0 aromatic heterocycles. The van der Waals surface area contributed by atoms with Crippen LogP contribution in [-0.2, 0) is 4.79 Å². The van der Waals surface area contributed by atoms with Crippen LogP contribution >= 0.6 is 0 Å². The quantitative estimate of drug-likeness (QED) is 0.775. The van der Waals surface area contributed by atoms with Gasteiger partial charge in [-0.2, -0.15) is 0 Å². The van der Waals surface area contributed by atoms with Crippen molar-refractivity contribution < 1.29 is 9.53 Å². The van der Waals surface area contributed by atoms with Gasteiger partial charge in [0.15, 0.2) is 0 Å². The van der Waals surface area contributed by atoms with Gasteiger partial charge in [0.1, 0.15) is 17.6 Å². The molecular formula is C13H17NO2. The molecule has 0 spiro atoms. The maximum atomic E-state index is 11.4. The molecule has 16 heavy (non-hydrogen) atoms. The van der Waals surface area contributed by atoms with Gasteiger partial charge in [0.05, 0.1) is 6.04 Å². The number of ketones is 1. The summed E-state index contributed by atoms with van der Waals surface area (Å²) in [6.07, 6.45) is 0.919. The van der Waals surface area contributed by atoms with Crippen LogP contribution in [0.15, 0.2) is 30.3 Å². The third-order valence-corrected chi connectivity index (χ3v) is 3.03. The Morgan fingerprint density at radius 2 is 2.06 bits per heavy atom. The maximum absolute atomic E-state index is 11.4. The molecule has 1 heterocycles. The smallest absolute Gasteiger partial charge is 0.147 e. The van der Waals surface area contributed by atoms with Gasteiger partial charge in [-0.3, -0.25) is 9.69 Å². The largest absolute Gasteiger partial charge is 0.489 e. The van der Waals surface area contributed by atoms with E-state index in [1.807, 2.05) is 37.4 Å². The van der Waals surface area contributed by atoms with Crippen molar-refractivity contribution in [3.63, 3.8) is 0 Å². The SMILES string of the molecule is CC(=O)[C@@H]1C[C@@H](Oc2ccccc2)CN1C. The lowest BCUT2D eigenvalue weighted by Gasteiger charge is -2.14. The Hall–Kier alpha value is -1.35. The lowest BCUT2D eigenvalue weighted by Crippen LogP contribution is -2.31. The van der Waals surface area contributed by atoms with Gasteiger partial charge in [0, 0.05) is 13.0 Å². The Morgan fingerprint density at radius 1 is 1.38 bits per heavy atom. The van der Waals surface area contributed by atoms with Crippen LogP contribution in [0, 0.1) is 0 Å². The Kier molecular flexibility index (Phi) is 3.25. The van der Waals surface area contributed by atoms with Crippen molar-refractivity contribution in [2.24, 2.45) is 0 Å². The minimum Gasteiger partial charge on any atom is -0.489 e. The van der Waals surface area contributed by atoms with Gasteiger partial charge in [-0.15, -0.1) is 0 Å². The Balaban J connectivity index is 1.96. The van der Waals surface area contributed by atoms with Crippen LogP contribution in [0.3, 0.4) is 0 Å². The number of hydrogen-bond acceptors (Lipinski definition) is 3. The first-order chi connectivity index (χ1) is 7.66. The summed E-state index contributed by atoms with van der Waals surface area (Å²) in [5.74, 6) is 1.10. The van der Waals surface area contributed by atoms with Crippen LogP contribution < -0.4 is 4.74 Å². The van der Waals surface area contributed by atoms with E-state index in [1.165, 1.54) is 0 Å². The van der Waals surface area contributed by atoms with Crippen molar-refractivity contribution in [3.8, 4) is 5.75 Å². The first-order valence-corrected chi connectivity index (χ1v) is 5.59. The van der Waals surface area contributed by atoms with E-state index in [2.05, 4.69) is 4.90 Å². The zero-order chi connectivity index (χ0) is 11.5. The van der Waals surface area contributed by atoms with Gasteiger partial charge in [0.25, 0.3) is 0 Å². The third-order valence-electron chi connectivity index (χ3n) is 3.03. The molecule has 1 aromatic carbocycles. The molecule has 0 unspecified atom stereocenters. The number of carbonyl (C=O) groups is 1. The standard InChI is InChI=1S/C13H17NO2/c1-10(15)13-8-12(9-14(13)2)16-11-6-4-3-5-7-11/h3-7,12-13H,8-9H2,1-2H3/t12-,13+/m1/s1. The van der Waals surface area contributed by atoms with Crippen molar-refractivity contribution in [2.75, 3.05) is 13.6 Å². The number of rotatable bonds is 3. The Bertz CT molecular complexity index is 363. The average molecular weight is 219 g/mol. The van der Waals surface area contributed by atoms with Crippen LogP contribution in [0.25, 0.3) is 0 Å². The lowest BCUT2D eigenvalue weighted by atomic mass is 10.1. The monoisotopic (exact) mass is 219 g/mol. The van der Waals surface area contributed by atoms with E-state index in [-0.39, 0.29) is 17.9 Å². The second kappa shape index (κ2) is 4.66. The summed E-state index contributed by atoms with van der Waals surface area (Å²) in [6.45, 7) is 2.46. The molecule has 1 saturated heterocycles. The number of para-hydroxylation sites is 1. The van der Waals surface area contributed by atoms with Crippen LogP contribution in [0.2, 0.25) is 0 Å². The van der Waals surface area contributed by atoms with Crippen LogP contribution in [0.1, 0.15) is 13.3 Å². The van der Waals surface area contributed by atoms with E-state index in [0.29, 0.717) is 0 Å². The normalized spacial score (nSPS) is 25.6. The summed E-state index contributed by atoms with van der Waals surface area (Å²) in [5.41, 5.74) is 0. The van der Waals surface area contributed by atoms with Crippen LogP contribution in [-0.4, -0.2) is 36.4 Å². The molecule has 2 rings (SSSR count). The first-order valence-electron chi connectivity index (χ1n) is 5.59. The number of nitrogens with zero attached hydrogens (tertiary/aromatic N) is 1. The highest BCUT2D eigenvalue weighted by Gasteiger charge is 2.33. The molecule has 0 saturated carbocycles. The fourth-order valence-corrected chi connectivity index (χ4v) is 2.21. The van der Waals surface area contributed by atoms with Gasteiger partial charge < -0.3 is 4.74 Å². The molecule has 1 aliphatic heterocycles. The Labute approximate surface area is 96.0 Å². The van der Waals surface area contributed by atoms with Crippen molar-refractivity contribution in [1.82, 2.24) is 4.90 Å². The molecule has 0 bridgehead atoms. The molecule has 2 atom stereocenters. The fourth-order valence-electron chi connectivity index (χ4n) is 2.21. The lowest BCUT2D eigenvalue weighted by molar-refractivity contribution is -0.120. The minimum atomic E-state index is 0.0220. The number of ether oxygens (including phenoxy) is 1. The zero-order valence-corrected chi connectivity index (χ0v) is 9.72. The van der Waals surface area contributed by atoms with Gasteiger partial charge >= 0.3 is 0 Å². The molecule has 3 heteroatoms. The number of carbonyl (C=O) groups excluding carboxylic acids is 1. The molecule has 86 valence electrons. The van der Waals surface area contributed by atoms with Gasteiger partial charge in [-0.05, 0) is 26.1 Å². The summed E-state index contributed by atoms with van der Waals surface area (Å²) in [6, 6.07) is 9.79. The molecule has 1 fully saturated rings. The van der Waals surface area contributed by atoms with Crippen LogP contribution in [0.5, 0.6) is 5.75 Å². The maximum Gasteiger partial charge on any atom is 0.147 e. The summed E-state index contributed by atoms with van der Waals surface area (Å²) in [7, 11) is 1.97. The number of hydrogen-bond donors (Lipinski definition) is 0. The fraction of sp³-hybridized carbons (Fsp3) is 0.462. The predicted molar refractivity (Wildman–Crippen MR) is 62.6 cm³/mol. The minimum absolute atomic E-state index is 0.0220. The average Bonchev–Trinajstić information content (AvgIpc) is 2.61. The molecule has 3 nitrogen and oxygen atoms in total. The van der Waals surface area contributed by atoms with E-state index in [1.54, 1.807) is 6.92 Å². The van der Waals surface area contributed by atoms with E-state index in [9.17, 15) is 4.79 Å². The van der Waals surface area contributed by atoms with Gasteiger partial charge in [0.2, 0.25) is 0 Å². The topological polar surface area (TPSA) is 29.5 Å².